The van der Waals surface area contributed by atoms with Crippen molar-refractivity contribution < 1.29 is 9.59 Å². The first-order valence-electron chi connectivity index (χ1n) is 2.82. The zero-order chi connectivity index (χ0) is 7.98. The third kappa shape index (κ3) is 4.14. The molecule has 0 saturated heterocycles. The minimum atomic E-state index is -0.963. The van der Waals surface area contributed by atoms with Gasteiger partial charge < -0.3 is 11.1 Å². The van der Waals surface area contributed by atoms with Gasteiger partial charge in [-0.05, 0) is 6.42 Å². The fraction of sp³-hybridized carbons (Fsp3) is 0.600. The van der Waals surface area contributed by atoms with E-state index in [0.717, 1.165) is 0 Å². The van der Waals surface area contributed by atoms with Gasteiger partial charge in [-0.1, -0.05) is 0 Å². The molecular weight excluding hydrogens is 156 g/mol. The fourth-order valence-electron chi connectivity index (χ4n) is 0.356. The summed E-state index contributed by atoms with van der Waals surface area (Å²) >= 11 is 5.30. The first-order valence-corrected chi connectivity index (χ1v) is 3.35. The molecule has 3 N–H and O–H groups in total. The lowest BCUT2D eigenvalue weighted by atomic mass is 10.4. The van der Waals surface area contributed by atoms with Crippen LogP contribution in [0.1, 0.15) is 6.42 Å². The maximum atomic E-state index is 10.4. The lowest BCUT2D eigenvalue weighted by Gasteiger charge is -1.97. The van der Waals surface area contributed by atoms with Gasteiger partial charge in [0.05, 0.1) is 0 Å². The molecule has 10 heavy (non-hydrogen) atoms. The Morgan fingerprint density at radius 2 is 2.10 bits per heavy atom. The van der Waals surface area contributed by atoms with Gasteiger partial charge in [-0.25, -0.2) is 0 Å². The van der Waals surface area contributed by atoms with Gasteiger partial charge in [-0.3, -0.25) is 9.59 Å². The molecule has 0 unspecified atom stereocenters. The lowest BCUT2D eigenvalue weighted by Crippen LogP contribution is -2.36. The maximum absolute atomic E-state index is 10.4. The minimum absolute atomic E-state index is 0.394. The van der Waals surface area contributed by atoms with Crippen molar-refractivity contribution in [2.45, 2.75) is 6.42 Å². The van der Waals surface area contributed by atoms with Gasteiger partial charge in [0.2, 0.25) is 0 Å². The lowest BCUT2D eigenvalue weighted by molar-refractivity contribution is -0.137. The van der Waals surface area contributed by atoms with Crippen LogP contribution < -0.4 is 11.1 Å². The standard InChI is InChI=1S/C5H9ClN2O2/c6-2-1-3-8-5(10)4(7)9/h1-3H2,(H2,7,9)(H,8,10). The molecule has 0 saturated carbocycles. The molecule has 0 rings (SSSR count). The van der Waals surface area contributed by atoms with E-state index < -0.39 is 11.8 Å². The summed E-state index contributed by atoms with van der Waals surface area (Å²) in [5.41, 5.74) is 4.63. The molecule has 0 spiro atoms. The second-order valence-electron chi connectivity index (χ2n) is 1.66. The molecule has 58 valence electrons. The van der Waals surface area contributed by atoms with Gasteiger partial charge in [0.15, 0.2) is 0 Å². The van der Waals surface area contributed by atoms with E-state index in [9.17, 15) is 9.59 Å². The highest BCUT2D eigenvalue weighted by molar-refractivity contribution is 6.34. The quantitative estimate of drug-likeness (QED) is 0.326. The van der Waals surface area contributed by atoms with E-state index in [1.165, 1.54) is 0 Å². The molecule has 0 aromatic heterocycles. The molecule has 5 heteroatoms. The number of hydrogen-bond acceptors (Lipinski definition) is 2. The highest BCUT2D eigenvalue weighted by Gasteiger charge is 2.05. The molecule has 0 bridgehead atoms. The van der Waals surface area contributed by atoms with Crippen molar-refractivity contribution in [1.82, 2.24) is 5.32 Å². The summed E-state index contributed by atoms with van der Waals surface area (Å²) in [7, 11) is 0. The molecule has 0 aliphatic carbocycles. The normalized spacial score (nSPS) is 8.90. The number of carbonyl (C=O) groups excluding carboxylic acids is 2. The summed E-state index contributed by atoms with van der Waals surface area (Å²) in [5.74, 6) is -1.27. The number of rotatable bonds is 3. The molecule has 0 aromatic rings. The van der Waals surface area contributed by atoms with Crippen molar-refractivity contribution in [2.24, 2.45) is 5.73 Å². The van der Waals surface area contributed by atoms with Crippen LogP contribution in [0.4, 0.5) is 0 Å². The van der Waals surface area contributed by atoms with Crippen molar-refractivity contribution in [3.8, 4) is 0 Å². The topological polar surface area (TPSA) is 72.2 Å². The first-order chi connectivity index (χ1) is 4.68. The van der Waals surface area contributed by atoms with E-state index in [-0.39, 0.29) is 0 Å². The van der Waals surface area contributed by atoms with Gasteiger partial charge in [-0.15, -0.1) is 11.6 Å². The molecule has 0 aromatic carbocycles. The van der Waals surface area contributed by atoms with Crippen molar-refractivity contribution in [2.75, 3.05) is 12.4 Å². The number of halogens is 1. The van der Waals surface area contributed by atoms with E-state index in [2.05, 4.69) is 11.1 Å². The molecule has 2 amide bonds. The highest BCUT2D eigenvalue weighted by Crippen LogP contribution is 1.80. The van der Waals surface area contributed by atoms with Crippen LogP contribution >= 0.6 is 11.6 Å². The first kappa shape index (κ1) is 9.23. The number of nitrogens with two attached hydrogens (primary N) is 1. The Hall–Kier alpha value is -0.770. The van der Waals surface area contributed by atoms with E-state index >= 15 is 0 Å². The van der Waals surface area contributed by atoms with Crippen molar-refractivity contribution in [3.05, 3.63) is 0 Å². The Kier molecular flexibility index (Phi) is 4.66. The Labute approximate surface area is 63.7 Å². The number of hydrogen-bond donors (Lipinski definition) is 2. The predicted octanol–water partition coefficient (Wildman–Crippen LogP) is -0.783. The van der Waals surface area contributed by atoms with Crippen LogP contribution in [0.15, 0.2) is 0 Å². The third-order valence-corrected chi connectivity index (χ3v) is 1.09. The number of primary amides is 1. The summed E-state index contributed by atoms with van der Waals surface area (Å²) in [6.45, 7) is 0.394. The average molecular weight is 165 g/mol. The largest absolute Gasteiger partial charge is 0.361 e. The Morgan fingerprint density at radius 3 is 2.50 bits per heavy atom. The molecule has 0 atom stereocenters. The maximum Gasteiger partial charge on any atom is 0.309 e. The van der Waals surface area contributed by atoms with E-state index in [1.807, 2.05) is 0 Å². The van der Waals surface area contributed by atoms with Crippen LogP contribution in [0, 0.1) is 0 Å². The fourth-order valence-corrected chi connectivity index (χ4v) is 0.489. The number of amides is 2. The third-order valence-electron chi connectivity index (χ3n) is 0.820. The van der Waals surface area contributed by atoms with Crippen LogP contribution in [0.5, 0.6) is 0 Å². The van der Waals surface area contributed by atoms with Crippen LogP contribution in [0.25, 0.3) is 0 Å². The summed E-state index contributed by atoms with van der Waals surface area (Å²) in [5, 5.41) is 2.29. The highest BCUT2D eigenvalue weighted by atomic mass is 35.5. The molecule has 4 nitrogen and oxygen atoms in total. The Balaban J connectivity index is 3.31. The summed E-state index contributed by atoms with van der Waals surface area (Å²) in [6, 6.07) is 0. The molecule has 0 fully saturated rings. The average Bonchev–Trinajstić information content (AvgIpc) is 1.88. The molecular formula is C5H9ClN2O2. The summed E-state index contributed by atoms with van der Waals surface area (Å²) in [6.07, 6.45) is 0.639. The number of nitrogens with one attached hydrogen (secondary N) is 1. The van der Waals surface area contributed by atoms with Gasteiger partial charge in [-0.2, -0.15) is 0 Å². The van der Waals surface area contributed by atoms with Gasteiger partial charge >= 0.3 is 11.8 Å². The molecule has 0 heterocycles. The summed E-state index contributed by atoms with van der Waals surface area (Å²) in [4.78, 5) is 20.5. The predicted molar refractivity (Wildman–Crippen MR) is 37.5 cm³/mol. The van der Waals surface area contributed by atoms with Crippen molar-refractivity contribution in [3.63, 3.8) is 0 Å². The Bertz CT molecular complexity index is 138. The van der Waals surface area contributed by atoms with E-state index in [0.29, 0.717) is 18.8 Å². The van der Waals surface area contributed by atoms with Crippen LogP contribution in [-0.2, 0) is 9.59 Å². The van der Waals surface area contributed by atoms with Crippen LogP contribution in [0.3, 0.4) is 0 Å². The number of carbonyl (C=O) groups is 2. The monoisotopic (exact) mass is 164 g/mol. The minimum Gasteiger partial charge on any atom is -0.361 e. The van der Waals surface area contributed by atoms with Gasteiger partial charge in [0.1, 0.15) is 0 Å². The van der Waals surface area contributed by atoms with Gasteiger partial charge in [0, 0.05) is 12.4 Å². The Morgan fingerprint density at radius 1 is 1.50 bits per heavy atom. The second-order valence-corrected chi connectivity index (χ2v) is 2.04. The number of alkyl halides is 1. The van der Waals surface area contributed by atoms with Crippen LogP contribution in [0.2, 0.25) is 0 Å². The zero-order valence-corrected chi connectivity index (χ0v) is 6.15. The van der Waals surface area contributed by atoms with E-state index in [1.54, 1.807) is 0 Å². The van der Waals surface area contributed by atoms with Crippen molar-refractivity contribution >= 4 is 23.4 Å². The molecule has 0 aliphatic heterocycles. The summed E-state index contributed by atoms with van der Waals surface area (Å²) < 4.78 is 0. The smallest absolute Gasteiger partial charge is 0.309 e. The van der Waals surface area contributed by atoms with E-state index in [4.69, 9.17) is 11.6 Å². The zero-order valence-electron chi connectivity index (χ0n) is 5.39. The van der Waals surface area contributed by atoms with Crippen molar-refractivity contribution in [1.29, 1.82) is 0 Å². The van der Waals surface area contributed by atoms with Crippen LogP contribution in [-0.4, -0.2) is 24.2 Å². The molecule has 0 radical (unpaired) electrons. The second kappa shape index (κ2) is 5.05. The molecule has 0 aliphatic rings. The SMILES string of the molecule is NC(=O)C(=O)NCCCCl. The van der Waals surface area contributed by atoms with Gasteiger partial charge in [0.25, 0.3) is 0 Å².